The first-order valence-corrected chi connectivity index (χ1v) is 10.5. The van der Waals surface area contributed by atoms with E-state index in [1.807, 2.05) is 18.2 Å². The third kappa shape index (κ3) is 4.80. The van der Waals surface area contributed by atoms with Crippen molar-refractivity contribution in [2.24, 2.45) is 5.92 Å². The van der Waals surface area contributed by atoms with Crippen molar-refractivity contribution < 1.29 is 4.74 Å². The number of ether oxygens (including phenoxy) is 1. The maximum atomic E-state index is 5.93. The van der Waals surface area contributed by atoms with Crippen LogP contribution in [0.2, 0.25) is 0 Å². The van der Waals surface area contributed by atoms with E-state index in [4.69, 9.17) is 4.74 Å². The highest BCUT2D eigenvalue weighted by Crippen LogP contribution is 2.43. The Morgan fingerprint density at radius 3 is 2.54 bits per heavy atom. The van der Waals surface area contributed by atoms with Gasteiger partial charge in [-0.1, -0.05) is 67.4 Å². The highest BCUT2D eigenvalue weighted by atomic mass is 16.5. The zero-order valence-electron chi connectivity index (χ0n) is 16.6. The summed E-state index contributed by atoms with van der Waals surface area (Å²) in [5.74, 6) is 1.57. The Balaban J connectivity index is 1.42. The Morgan fingerprint density at radius 2 is 1.82 bits per heavy atom. The van der Waals surface area contributed by atoms with Crippen LogP contribution in [0.4, 0.5) is 0 Å². The Hall–Kier alpha value is -2.62. The Labute approximate surface area is 167 Å². The molecular weight excluding hydrogens is 346 g/mol. The van der Waals surface area contributed by atoms with Gasteiger partial charge < -0.3 is 4.74 Å². The molecule has 146 valence electrons. The lowest BCUT2D eigenvalue weighted by Gasteiger charge is -2.17. The SMILES string of the molecule is CCCCCc1cn(C(c2ccc(OCc3ccccc3)cc2)C2CC2)nn1. The maximum absolute atomic E-state index is 5.93. The summed E-state index contributed by atoms with van der Waals surface area (Å²) in [4.78, 5) is 0. The minimum Gasteiger partial charge on any atom is -0.489 e. The highest BCUT2D eigenvalue weighted by Gasteiger charge is 2.34. The Bertz CT molecular complexity index is 853. The fourth-order valence-corrected chi connectivity index (χ4v) is 3.67. The molecule has 0 aliphatic heterocycles. The number of rotatable bonds is 10. The first-order chi connectivity index (χ1) is 13.8. The lowest BCUT2D eigenvalue weighted by Crippen LogP contribution is -2.13. The fraction of sp³-hybridized carbons (Fsp3) is 0.417. The van der Waals surface area contributed by atoms with Crippen molar-refractivity contribution in [1.29, 1.82) is 0 Å². The van der Waals surface area contributed by atoms with Gasteiger partial charge in [0.1, 0.15) is 12.4 Å². The topological polar surface area (TPSA) is 39.9 Å². The van der Waals surface area contributed by atoms with Crippen LogP contribution in [0.1, 0.15) is 61.9 Å². The summed E-state index contributed by atoms with van der Waals surface area (Å²) in [5.41, 5.74) is 3.59. The predicted octanol–water partition coefficient (Wildman–Crippen LogP) is 5.59. The molecule has 0 bridgehead atoms. The zero-order valence-corrected chi connectivity index (χ0v) is 16.6. The summed E-state index contributed by atoms with van der Waals surface area (Å²) in [6.07, 6.45) is 9.39. The van der Waals surface area contributed by atoms with Crippen LogP contribution in [0.5, 0.6) is 5.75 Å². The first-order valence-electron chi connectivity index (χ1n) is 10.5. The Kier molecular flexibility index (Phi) is 6.05. The van der Waals surface area contributed by atoms with Gasteiger partial charge in [0.05, 0.1) is 11.7 Å². The van der Waals surface area contributed by atoms with Gasteiger partial charge in [-0.25, -0.2) is 4.68 Å². The minimum absolute atomic E-state index is 0.288. The molecule has 0 amide bonds. The Morgan fingerprint density at radius 1 is 1.04 bits per heavy atom. The van der Waals surface area contributed by atoms with E-state index < -0.39 is 0 Å². The molecule has 4 rings (SSSR count). The highest BCUT2D eigenvalue weighted by molar-refractivity contribution is 5.31. The summed E-state index contributed by atoms with van der Waals surface area (Å²) in [7, 11) is 0. The molecule has 1 atom stereocenters. The standard InChI is InChI=1S/C24H29N3O/c1-2-3-5-10-22-17-27(26-25-22)24(20-11-12-20)21-13-15-23(16-14-21)28-18-19-8-6-4-7-9-19/h4,6-9,13-17,20,24H,2-3,5,10-12,18H2,1H3. The zero-order chi connectivity index (χ0) is 19.2. The van der Waals surface area contributed by atoms with E-state index in [1.165, 1.54) is 43.2 Å². The van der Waals surface area contributed by atoms with Crippen LogP contribution in [0, 0.1) is 5.92 Å². The molecule has 0 N–H and O–H groups in total. The summed E-state index contributed by atoms with van der Waals surface area (Å²) >= 11 is 0. The number of aromatic nitrogens is 3. The molecule has 1 fully saturated rings. The van der Waals surface area contributed by atoms with Crippen LogP contribution in [0.15, 0.2) is 60.8 Å². The molecule has 4 heteroatoms. The molecule has 4 nitrogen and oxygen atoms in total. The van der Waals surface area contributed by atoms with Crippen LogP contribution >= 0.6 is 0 Å². The van der Waals surface area contributed by atoms with Crippen LogP contribution in [0.25, 0.3) is 0 Å². The van der Waals surface area contributed by atoms with Crippen LogP contribution in [0.3, 0.4) is 0 Å². The lowest BCUT2D eigenvalue weighted by molar-refractivity contribution is 0.306. The van der Waals surface area contributed by atoms with Gasteiger partial charge in [-0.15, -0.1) is 5.10 Å². The monoisotopic (exact) mass is 375 g/mol. The van der Waals surface area contributed by atoms with Gasteiger partial charge in [0.15, 0.2) is 0 Å². The van der Waals surface area contributed by atoms with E-state index in [0.29, 0.717) is 12.5 Å². The summed E-state index contributed by atoms with van der Waals surface area (Å²) in [6, 6.07) is 19.1. The molecule has 3 aromatic rings. The molecule has 28 heavy (non-hydrogen) atoms. The van der Waals surface area contributed by atoms with Gasteiger partial charge in [0, 0.05) is 6.20 Å². The van der Waals surface area contributed by atoms with Crippen LogP contribution in [-0.2, 0) is 13.0 Å². The van der Waals surface area contributed by atoms with E-state index in [9.17, 15) is 0 Å². The normalized spacial score (nSPS) is 14.8. The average molecular weight is 376 g/mol. The summed E-state index contributed by atoms with van der Waals surface area (Å²) in [6.45, 7) is 2.82. The van der Waals surface area contributed by atoms with Gasteiger partial charge in [0.2, 0.25) is 0 Å². The second kappa shape index (κ2) is 9.05. The molecule has 1 aromatic heterocycles. The van der Waals surface area contributed by atoms with Crippen molar-refractivity contribution in [2.75, 3.05) is 0 Å². The molecule has 2 aromatic carbocycles. The van der Waals surface area contributed by atoms with Gasteiger partial charge >= 0.3 is 0 Å². The van der Waals surface area contributed by atoms with E-state index in [0.717, 1.165) is 17.9 Å². The smallest absolute Gasteiger partial charge is 0.119 e. The third-order valence-corrected chi connectivity index (χ3v) is 5.42. The number of nitrogens with zero attached hydrogens (tertiary/aromatic N) is 3. The van der Waals surface area contributed by atoms with Crippen molar-refractivity contribution >= 4 is 0 Å². The van der Waals surface area contributed by atoms with Gasteiger partial charge in [-0.05, 0) is 54.9 Å². The van der Waals surface area contributed by atoms with E-state index >= 15 is 0 Å². The van der Waals surface area contributed by atoms with Crippen molar-refractivity contribution in [3.8, 4) is 5.75 Å². The van der Waals surface area contributed by atoms with Gasteiger partial charge in [-0.2, -0.15) is 0 Å². The summed E-state index contributed by atoms with van der Waals surface area (Å²) in [5, 5.41) is 8.88. The predicted molar refractivity (Wildman–Crippen MR) is 111 cm³/mol. The molecule has 1 heterocycles. The van der Waals surface area contributed by atoms with Crippen LogP contribution < -0.4 is 4.74 Å². The van der Waals surface area contributed by atoms with Gasteiger partial charge in [-0.3, -0.25) is 0 Å². The second-order valence-electron chi connectivity index (χ2n) is 7.77. The van der Waals surface area contributed by atoms with Crippen LogP contribution in [-0.4, -0.2) is 15.0 Å². The number of hydrogen-bond donors (Lipinski definition) is 0. The second-order valence-corrected chi connectivity index (χ2v) is 7.77. The molecule has 0 radical (unpaired) electrons. The van der Waals surface area contributed by atoms with E-state index in [1.54, 1.807) is 0 Å². The largest absolute Gasteiger partial charge is 0.489 e. The lowest BCUT2D eigenvalue weighted by atomic mass is 10.0. The first kappa shape index (κ1) is 18.7. The van der Waals surface area contributed by atoms with Crippen molar-refractivity contribution in [1.82, 2.24) is 15.0 Å². The van der Waals surface area contributed by atoms with E-state index in [2.05, 4.69) is 64.5 Å². The summed E-state index contributed by atoms with van der Waals surface area (Å²) < 4.78 is 8.01. The molecular formula is C24H29N3O. The molecule has 1 aliphatic rings. The molecule has 0 spiro atoms. The molecule has 0 saturated heterocycles. The van der Waals surface area contributed by atoms with Gasteiger partial charge in [0.25, 0.3) is 0 Å². The molecule has 1 aliphatic carbocycles. The number of aryl methyl sites for hydroxylation is 1. The molecule has 1 unspecified atom stereocenters. The average Bonchev–Trinajstić information content (AvgIpc) is 3.46. The maximum Gasteiger partial charge on any atom is 0.119 e. The number of unbranched alkanes of at least 4 members (excludes halogenated alkanes) is 2. The van der Waals surface area contributed by atoms with Crippen molar-refractivity contribution in [3.05, 3.63) is 77.6 Å². The quantitative estimate of drug-likeness (QED) is 0.434. The number of benzene rings is 2. The third-order valence-electron chi connectivity index (χ3n) is 5.42. The van der Waals surface area contributed by atoms with Crippen molar-refractivity contribution in [2.45, 2.75) is 58.1 Å². The fourth-order valence-electron chi connectivity index (χ4n) is 3.67. The number of hydrogen-bond acceptors (Lipinski definition) is 3. The molecule has 1 saturated carbocycles. The minimum atomic E-state index is 0.288. The van der Waals surface area contributed by atoms with Crippen molar-refractivity contribution in [3.63, 3.8) is 0 Å². The van der Waals surface area contributed by atoms with E-state index in [-0.39, 0.29) is 6.04 Å².